The van der Waals surface area contributed by atoms with Gasteiger partial charge in [0.25, 0.3) is 0 Å². The van der Waals surface area contributed by atoms with Gasteiger partial charge in [-0.3, -0.25) is 4.79 Å². The van der Waals surface area contributed by atoms with Crippen molar-refractivity contribution in [3.05, 3.63) is 59.3 Å². The maximum atomic E-state index is 13.4. The number of halogens is 1. The third-order valence-corrected chi connectivity index (χ3v) is 2.59. The molecule has 0 aliphatic rings. The maximum absolute atomic E-state index is 13.4. The molecule has 98 valence electrons. The summed E-state index contributed by atoms with van der Waals surface area (Å²) in [6.07, 6.45) is 2.88. The Bertz CT molecular complexity index is 626. The van der Waals surface area contributed by atoms with Gasteiger partial charge in [-0.15, -0.1) is 0 Å². The number of aryl methyl sites for hydroxylation is 1. The van der Waals surface area contributed by atoms with Crippen molar-refractivity contribution in [1.29, 1.82) is 0 Å². The molecule has 3 nitrogen and oxygen atoms in total. The lowest BCUT2D eigenvalue weighted by Gasteiger charge is -2.01. The van der Waals surface area contributed by atoms with Crippen molar-refractivity contribution in [3.63, 3.8) is 0 Å². The van der Waals surface area contributed by atoms with Crippen LogP contribution in [0.3, 0.4) is 0 Å². The van der Waals surface area contributed by atoms with Crippen molar-refractivity contribution in [2.75, 3.05) is 7.11 Å². The lowest BCUT2D eigenvalue weighted by Crippen LogP contribution is -1.91. The number of carbonyl (C=O) groups excluding carboxylic acids is 1. The molecule has 0 amide bonds. The molecule has 1 aromatic carbocycles. The summed E-state index contributed by atoms with van der Waals surface area (Å²) in [4.78, 5) is 11.7. The second-order valence-electron chi connectivity index (χ2n) is 4.00. The Morgan fingerprint density at radius 3 is 2.68 bits per heavy atom. The number of rotatable bonds is 4. The van der Waals surface area contributed by atoms with Crippen LogP contribution in [0, 0.1) is 12.7 Å². The van der Waals surface area contributed by atoms with Crippen LogP contribution in [0.2, 0.25) is 0 Å². The Kier molecular flexibility index (Phi) is 3.80. The molecule has 0 radical (unpaired) electrons. The van der Waals surface area contributed by atoms with Crippen molar-refractivity contribution in [2.24, 2.45) is 0 Å². The first-order valence-corrected chi connectivity index (χ1v) is 5.72. The fraction of sp³-hybridized carbons (Fsp3) is 0.133. The highest BCUT2D eigenvalue weighted by Gasteiger charge is 2.06. The molecule has 19 heavy (non-hydrogen) atoms. The quantitative estimate of drug-likeness (QED) is 0.622. The Balaban J connectivity index is 2.14. The number of ether oxygens (including phenoxy) is 1. The predicted molar refractivity (Wildman–Crippen MR) is 69.8 cm³/mol. The summed E-state index contributed by atoms with van der Waals surface area (Å²) < 4.78 is 23.5. The SMILES string of the molecule is COc1ccc(/C=C/C(=O)c2ccc(C)o2)cc1F. The average Bonchev–Trinajstić information content (AvgIpc) is 2.83. The minimum atomic E-state index is -0.467. The first-order valence-electron chi connectivity index (χ1n) is 5.72. The second-order valence-corrected chi connectivity index (χ2v) is 4.00. The molecule has 0 unspecified atom stereocenters. The van der Waals surface area contributed by atoms with E-state index in [4.69, 9.17) is 9.15 Å². The summed E-state index contributed by atoms with van der Waals surface area (Å²) in [6, 6.07) is 7.80. The van der Waals surface area contributed by atoms with E-state index in [9.17, 15) is 9.18 Å². The van der Waals surface area contributed by atoms with E-state index in [0.717, 1.165) is 0 Å². The standard InChI is InChI=1S/C15H13FO3/c1-10-3-7-15(19-10)13(17)6-4-11-5-8-14(18-2)12(16)9-11/h3-9H,1-2H3/b6-4+. The van der Waals surface area contributed by atoms with Gasteiger partial charge in [-0.2, -0.15) is 0 Å². The Hall–Kier alpha value is -2.36. The summed E-state index contributed by atoms with van der Waals surface area (Å²) in [6.45, 7) is 1.76. The average molecular weight is 260 g/mol. The number of ketones is 1. The Morgan fingerprint density at radius 1 is 1.32 bits per heavy atom. The third-order valence-electron chi connectivity index (χ3n) is 2.59. The van der Waals surface area contributed by atoms with Crippen molar-refractivity contribution in [1.82, 2.24) is 0 Å². The van der Waals surface area contributed by atoms with E-state index in [1.54, 1.807) is 25.1 Å². The first kappa shape index (κ1) is 13.1. The summed E-state index contributed by atoms with van der Waals surface area (Å²) in [7, 11) is 1.40. The van der Waals surface area contributed by atoms with E-state index in [2.05, 4.69) is 0 Å². The Morgan fingerprint density at radius 2 is 2.11 bits per heavy atom. The molecule has 0 aliphatic heterocycles. The molecule has 0 saturated heterocycles. The normalized spacial score (nSPS) is 10.9. The smallest absolute Gasteiger partial charge is 0.221 e. The fourth-order valence-electron chi connectivity index (χ4n) is 1.61. The van der Waals surface area contributed by atoms with Crippen LogP contribution < -0.4 is 4.74 Å². The largest absolute Gasteiger partial charge is 0.494 e. The molecule has 2 rings (SSSR count). The van der Waals surface area contributed by atoms with Gasteiger partial charge in [-0.1, -0.05) is 12.1 Å². The lowest BCUT2D eigenvalue weighted by atomic mass is 10.1. The molecule has 0 aliphatic carbocycles. The van der Waals surface area contributed by atoms with E-state index in [-0.39, 0.29) is 17.3 Å². The molecular weight excluding hydrogens is 247 g/mol. The summed E-state index contributed by atoms with van der Waals surface area (Å²) in [5.74, 6) is 0.385. The van der Waals surface area contributed by atoms with E-state index in [1.807, 2.05) is 0 Å². The zero-order valence-electron chi connectivity index (χ0n) is 10.6. The molecule has 0 bridgehead atoms. The molecular formula is C15H13FO3. The van der Waals surface area contributed by atoms with E-state index in [1.165, 1.54) is 31.4 Å². The van der Waals surface area contributed by atoms with Gasteiger partial charge in [-0.25, -0.2) is 4.39 Å². The van der Waals surface area contributed by atoms with Crippen molar-refractivity contribution < 1.29 is 18.3 Å². The number of carbonyl (C=O) groups is 1. The van der Waals surface area contributed by atoms with E-state index < -0.39 is 5.82 Å². The second kappa shape index (κ2) is 5.52. The predicted octanol–water partition coefficient (Wildman–Crippen LogP) is 3.63. The van der Waals surface area contributed by atoms with Gasteiger partial charge in [0, 0.05) is 0 Å². The van der Waals surface area contributed by atoms with Crippen LogP contribution in [0.4, 0.5) is 4.39 Å². The van der Waals surface area contributed by atoms with E-state index >= 15 is 0 Å². The third kappa shape index (κ3) is 3.10. The minimum absolute atomic E-state index is 0.171. The zero-order chi connectivity index (χ0) is 13.8. The van der Waals surface area contributed by atoms with Gasteiger partial charge in [0.05, 0.1) is 7.11 Å². The summed E-state index contributed by atoms with van der Waals surface area (Å²) >= 11 is 0. The van der Waals surface area contributed by atoms with Crippen LogP contribution in [0.15, 0.2) is 40.8 Å². The minimum Gasteiger partial charge on any atom is -0.494 e. The van der Waals surface area contributed by atoms with Gasteiger partial charge in [0.1, 0.15) is 5.76 Å². The first-order chi connectivity index (χ1) is 9.10. The van der Waals surface area contributed by atoms with E-state index in [0.29, 0.717) is 11.3 Å². The maximum Gasteiger partial charge on any atom is 0.221 e. The number of furan rings is 1. The highest BCUT2D eigenvalue weighted by molar-refractivity contribution is 6.04. The summed E-state index contributed by atoms with van der Waals surface area (Å²) in [5, 5.41) is 0. The van der Waals surface area contributed by atoms with Gasteiger partial charge >= 0.3 is 0 Å². The highest BCUT2D eigenvalue weighted by atomic mass is 19.1. The van der Waals surface area contributed by atoms with Crippen LogP contribution in [0.1, 0.15) is 21.9 Å². The molecule has 4 heteroatoms. The lowest BCUT2D eigenvalue weighted by molar-refractivity contribution is 0.102. The van der Waals surface area contributed by atoms with Crippen molar-refractivity contribution >= 4 is 11.9 Å². The molecule has 0 saturated carbocycles. The number of allylic oxidation sites excluding steroid dienone is 1. The molecule has 0 atom stereocenters. The number of hydrogen-bond donors (Lipinski definition) is 0. The van der Waals surface area contributed by atoms with Crippen LogP contribution in [0.25, 0.3) is 6.08 Å². The highest BCUT2D eigenvalue weighted by Crippen LogP contribution is 2.18. The Labute approximate surface area is 110 Å². The monoisotopic (exact) mass is 260 g/mol. The topological polar surface area (TPSA) is 39.4 Å². The summed E-state index contributed by atoms with van der Waals surface area (Å²) in [5.41, 5.74) is 0.579. The number of methoxy groups -OCH3 is 1. The number of benzene rings is 1. The molecule has 0 spiro atoms. The van der Waals surface area contributed by atoms with Gasteiger partial charge in [-0.05, 0) is 42.8 Å². The molecule has 0 fully saturated rings. The molecule has 0 N–H and O–H groups in total. The van der Waals surface area contributed by atoms with Crippen LogP contribution in [-0.4, -0.2) is 12.9 Å². The molecule has 1 aromatic heterocycles. The zero-order valence-corrected chi connectivity index (χ0v) is 10.6. The van der Waals surface area contributed by atoms with Crippen molar-refractivity contribution in [3.8, 4) is 5.75 Å². The van der Waals surface area contributed by atoms with Crippen LogP contribution in [0.5, 0.6) is 5.75 Å². The molecule has 1 heterocycles. The van der Waals surface area contributed by atoms with Crippen molar-refractivity contribution in [2.45, 2.75) is 6.92 Å². The molecule has 2 aromatic rings. The van der Waals surface area contributed by atoms with Crippen LogP contribution >= 0.6 is 0 Å². The fourth-order valence-corrected chi connectivity index (χ4v) is 1.61. The van der Waals surface area contributed by atoms with Gasteiger partial charge < -0.3 is 9.15 Å². The van der Waals surface area contributed by atoms with Gasteiger partial charge in [0.2, 0.25) is 5.78 Å². The van der Waals surface area contributed by atoms with Gasteiger partial charge in [0.15, 0.2) is 17.3 Å². The van der Waals surface area contributed by atoms with Crippen LogP contribution in [-0.2, 0) is 0 Å². The number of hydrogen-bond acceptors (Lipinski definition) is 3.